The average molecular weight is 388 g/mol. The van der Waals surface area contributed by atoms with Crippen LogP contribution in [0.4, 0.5) is 4.39 Å². The standard InChI is InChI=1S/C15H17FN2O5S2/c1-18(10-11-6-7-15(23-2)14(16)8-11)25(21,22)13-5-3-4-12(9-13)24(17,19)20/h3-9H,10H2,1-2H3,(H2,17,19,20). The van der Waals surface area contributed by atoms with E-state index in [-0.39, 0.29) is 22.1 Å². The summed E-state index contributed by atoms with van der Waals surface area (Å²) in [6.07, 6.45) is 0. The van der Waals surface area contributed by atoms with Crippen molar-refractivity contribution >= 4 is 20.0 Å². The molecule has 10 heteroatoms. The fourth-order valence-electron chi connectivity index (χ4n) is 2.14. The molecule has 2 N–H and O–H groups in total. The van der Waals surface area contributed by atoms with Crippen LogP contribution in [0.2, 0.25) is 0 Å². The molecule has 0 aliphatic carbocycles. The van der Waals surface area contributed by atoms with Gasteiger partial charge >= 0.3 is 0 Å². The van der Waals surface area contributed by atoms with Gasteiger partial charge in [0.05, 0.1) is 16.9 Å². The third-order valence-corrected chi connectivity index (χ3v) is 6.17. The van der Waals surface area contributed by atoms with Crippen molar-refractivity contribution in [2.45, 2.75) is 16.3 Å². The number of hydrogen-bond donors (Lipinski definition) is 1. The maximum absolute atomic E-state index is 13.7. The summed E-state index contributed by atoms with van der Waals surface area (Å²) in [5.74, 6) is -0.558. The number of halogens is 1. The maximum atomic E-state index is 13.7. The monoisotopic (exact) mass is 388 g/mol. The molecule has 0 bridgehead atoms. The lowest BCUT2D eigenvalue weighted by atomic mass is 10.2. The van der Waals surface area contributed by atoms with E-state index in [1.807, 2.05) is 0 Å². The van der Waals surface area contributed by atoms with Crippen LogP contribution in [0.15, 0.2) is 52.3 Å². The molecule has 136 valence electrons. The predicted octanol–water partition coefficient (Wildman–Crippen LogP) is 1.30. The normalized spacial score (nSPS) is 12.4. The van der Waals surface area contributed by atoms with Crippen molar-refractivity contribution in [1.82, 2.24) is 4.31 Å². The summed E-state index contributed by atoms with van der Waals surface area (Å²) in [4.78, 5) is -0.534. The van der Waals surface area contributed by atoms with Gasteiger partial charge in [-0.3, -0.25) is 0 Å². The van der Waals surface area contributed by atoms with E-state index in [0.717, 1.165) is 10.4 Å². The van der Waals surface area contributed by atoms with Crippen LogP contribution < -0.4 is 9.88 Å². The highest BCUT2D eigenvalue weighted by Crippen LogP contribution is 2.22. The van der Waals surface area contributed by atoms with E-state index in [1.54, 1.807) is 0 Å². The Morgan fingerprint density at radius 2 is 1.72 bits per heavy atom. The smallest absolute Gasteiger partial charge is 0.243 e. The Hall–Kier alpha value is -2.01. The van der Waals surface area contributed by atoms with Crippen molar-refractivity contribution in [3.63, 3.8) is 0 Å². The summed E-state index contributed by atoms with van der Waals surface area (Å²) < 4.78 is 67.5. The van der Waals surface area contributed by atoms with Gasteiger partial charge in [-0.2, -0.15) is 4.31 Å². The van der Waals surface area contributed by atoms with Crippen LogP contribution in [-0.4, -0.2) is 35.3 Å². The van der Waals surface area contributed by atoms with Crippen LogP contribution in [0.1, 0.15) is 5.56 Å². The molecule has 2 rings (SSSR count). The molecule has 2 aromatic rings. The lowest BCUT2D eigenvalue weighted by molar-refractivity contribution is 0.385. The molecule has 2 aromatic carbocycles. The van der Waals surface area contributed by atoms with Crippen LogP contribution >= 0.6 is 0 Å². The maximum Gasteiger partial charge on any atom is 0.243 e. The topological polar surface area (TPSA) is 107 Å². The summed E-state index contributed by atoms with van der Waals surface area (Å²) in [5.41, 5.74) is 0.409. The lowest BCUT2D eigenvalue weighted by Gasteiger charge is -2.18. The molecule has 0 radical (unpaired) electrons. The van der Waals surface area contributed by atoms with Crippen molar-refractivity contribution in [3.8, 4) is 5.75 Å². The van der Waals surface area contributed by atoms with Gasteiger partial charge in [0.25, 0.3) is 0 Å². The molecule has 0 atom stereocenters. The van der Waals surface area contributed by atoms with Gasteiger partial charge in [0.1, 0.15) is 0 Å². The average Bonchev–Trinajstić information content (AvgIpc) is 2.54. The van der Waals surface area contributed by atoms with Gasteiger partial charge in [0.2, 0.25) is 20.0 Å². The first-order valence-corrected chi connectivity index (χ1v) is 9.96. The lowest BCUT2D eigenvalue weighted by Crippen LogP contribution is -2.27. The molecule has 0 saturated carbocycles. The van der Waals surface area contributed by atoms with Crippen molar-refractivity contribution in [2.24, 2.45) is 5.14 Å². The number of benzene rings is 2. The molecule has 0 aromatic heterocycles. The van der Waals surface area contributed by atoms with Crippen molar-refractivity contribution in [1.29, 1.82) is 0 Å². The van der Waals surface area contributed by atoms with Crippen LogP contribution in [0.5, 0.6) is 5.75 Å². The molecular formula is C15H17FN2O5S2. The van der Waals surface area contributed by atoms with Crippen molar-refractivity contribution < 1.29 is 26.0 Å². The molecule has 7 nitrogen and oxygen atoms in total. The largest absolute Gasteiger partial charge is 0.494 e. The number of sulfonamides is 2. The Bertz CT molecular complexity index is 991. The summed E-state index contributed by atoms with van der Waals surface area (Å²) in [7, 11) is -5.39. The number of hydrogen-bond acceptors (Lipinski definition) is 5. The van der Waals surface area contributed by atoms with E-state index >= 15 is 0 Å². The third kappa shape index (κ3) is 4.34. The molecule has 0 heterocycles. The minimum Gasteiger partial charge on any atom is -0.494 e. The molecule has 0 aliphatic heterocycles. The van der Waals surface area contributed by atoms with Gasteiger partial charge in [-0.05, 0) is 35.9 Å². The first-order chi connectivity index (χ1) is 11.6. The highest BCUT2D eigenvalue weighted by Gasteiger charge is 2.23. The van der Waals surface area contributed by atoms with E-state index in [9.17, 15) is 21.2 Å². The minimum atomic E-state index is -4.03. The van der Waals surface area contributed by atoms with Gasteiger partial charge in [0, 0.05) is 13.6 Å². The molecule has 0 fully saturated rings. The van der Waals surface area contributed by atoms with Crippen LogP contribution in [0.3, 0.4) is 0 Å². The van der Waals surface area contributed by atoms with Gasteiger partial charge < -0.3 is 4.74 Å². The Morgan fingerprint density at radius 3 is 2.28 bits per heavy atom. The van der Waals surface area contributed by atoms with Crippen molar-refractivity contribution in [3.05, 3.63) is 53.8 Å². The number of primary sulfonamides is 1. The minimum absolute atomic E-state index is 0.0510. The van der Waals surface area contributed by atoms with Crippen LogP contribution in [-0.2, 0) is 26.6 Å². The SMILES string of the molecule is COc1ccc(CN(C)S(=O)(=O)c2cccc(S(N)(=O)=O)c2)cc1F. The number of rotatable bonds is 6. The Kier molecular flexibility index (Phi) is 5.47. The fraction of sp³-hybridized carbons (Fsp3) is 0.200. The van der Waals surface area contributed by atoms with Crippen LogP contribution in [0, 0.1) is 5.82 Å². The molecular weight excluding hydrogens is 371 g/mol. The number of methoxy groups -OCH3 is 1. The second-order valence-corrected chi connectivity index (χ2v) is 8.86. The van der Waals surface area contributed by atoms with Crippen LogP contribution in [0.25, 0.3) is 0 Å². The summed E-state index contributed by atoms with van der Waals surface area (Å²) in [6.45, 7) is -0.108. The molecule has 0 amide bonds. The second-order valence-electron chi connectivity index (χ2n) is 5.25. The molecule has 0 saturated heterocycles. The zero-order valence-electron chi connectivity index (χ0n) is 13.5. The Morgan fingerprint density at radius 1 is 1.08 bits per heavy atom. The van der Waals surface area contributed by atoms with Gasteiger partial charge in [-0.25, -0.2) is 26.4 Å². The number of ether oxygens (including phenoxy) is 1. The van der Waals surface area contributed by atoms with Crippen molar-refractivity contribution in [2.75, 3.05) is 14.2 Å². The van der Waals surface area contributed by atoms with E-state index in [4.69, 9.17) is 9.88 Å². The quantitative estimate of drug-likeness (QED) is 0.803. The first-order valence-electron chi connectivity index (χ1n) is 6.97. The highest BCUT2D eigenvalue weighted by molar-refractivity contribution is 7.90. The van der Waals surface area contributed by atoms with Gasteiger partial charge in [-0.1, -0.05) is 12.1 Å². The van der Waals surface area contributed by atoms with E-state index in [2.05, 4.69) is 0 Å². The van der Waals surface area contributed by atoms with E-state index in [1.165, 1.54) is 50.6 Å². The fourth-order valence-corrected chi connectivity index (χ4v) is 3.98. The Balaban J connectivity index is 2.32. The van der Waals surface area contributed by atoms with E-state index in [0.29, 0.717) is 5.56 Å². The van der Waals surface area contributed by atoms with Gasteiger partial charge in [0.15, 0.2) is 11.6 Å². The van der Waals surface area contributed by atoms with E-state index < -0.39 is 25.9 Å². The molecule has 0 spiro atoms. The summed E-state index contributed by atoms with van der Waals surface area (Å²) in [5, 5.41) is 5.02. The number of nitrogens with two attached hydrogens (primary N) is 1. The predicted molar refractivity (Wildman–Crippen MR) is 89.4 cm³/mol. The molecule has 25 heavy (non-hydrogen) atoms. The third-order valence-electron chi connectivity index (χ3n) is 3.46. The Labute approximate surface area is 145 Å². The highest BCUT2D eigenvalue weighted by atomic mass is 32.2. The summed E-state index contributed by atoms with van der Waals surface area (Å²) in [6, 6.07) is 8.83. The molecule has 0 aliphatic rings. The zero-order chi connectivity index (χ0) is 18.8. The molecule has 0 unspecified atom stereocenters. The zero-order valence-corrected chi connectivity index (χ0v) is 15.1. The number of nitrogens with zero attached hydrogens (tertiary/aromatic N) is 1. The second kappa shape index (κ2) is 7.08. The summed E-state index contributed by atoms with van der Waals surface area (Å²) >= 11 is 0. The van der Waals surface area contributed by atoms with Gasteiger partial charge in [-0.15, -0.1) is 0 Å². The first kappa shape index (κ1) is 19.3.